The number of benzene rings is 2. The van der Waals surface area contributed by atoms with Gasteiger partial charge >= 0.3 is 6.18 Å². The zero-order valence-corrected chi connectivity index (χ0v) is 21.3. The summed E-state index contributed by atoms with van der Waals surface area (Å²) in [6, 6.07) is 12.9. The molecule has 3 aromatic rings. The van der Waals surface area contributed by atoms with E-state index in [1.54, 1.807) is 4.57 Å². The first-order chi connectivity index (χ1) is 17.7. The van der Waals surface area contributed by atoms with E-state index in [0.717, 1.165) is 67.5 Å². The van der Waals surface area contributed by atoms with E-state index in [2.05, 4.69) is 11.4 Å². The molecule has 2 aliphatic carbocycles. The number of thioether (sulfide) groups is 1. The first kappa shape index (κ1) is 25.6. The average Bonchev–Trinajstić information content (AvgIpc) is 2.87. The molecule has 5 rings (SSSR count). The van der Waals surface area contributed by atoms with Crippen LogP contribution in [0, 0.1) is 0 Å². The van der Waals surface area contributed by atoms with Crippen molar-refractivity contribution in [2.24, 2.45) is 0 Å². The zero-order valence-electron chi connectivity index (χ0n) is 20.5. The number of alkyl halides is 3. The lowest BCUT2D eigenvalue weighted by Crippen LogP contribution is -2.43. The quantitative estimate of drug-likeness (QED) is 0.307. The highest BCUT2D eigenvalue weighted by Gasteiger charge is 2.43. The molecule has 1 N–H and O–H groups in total. The van der Waals surface area contributed by atoms with E-state index in [9.17, 15) is 22.8 Å². The number of carbonyl (C=O) groups is 1. The Balaban J connectivity index is 1.48. The van der Waals surface area contributed by atoms with Gasteiger partial charge in [0.2, 0.25) is 5.91 Å². The van der Waals surface area contributed by atoms with Gasteiger partial charge in [-0.05, 0) is 43.9 Å². The minimum Gasteiger partial charge on any atom is -0.325 e. The van der Waals surface area contributed by atoms with Crippen molar-refractivity contribution in [3.05, 3.63) is 75.6 Å². The fraction of sp³-hybridized carbons (Fsp3) is 0.393. The summed E-state index contributed by atoms with van der Waals surface area (Å²) in [6.45, 7) is 2.25. The largest absolute Gasteiger partial charge is 0.418 e. The minimum atomic E-state index is -4.58. The van der Waals surface area contributed by atoms with Crippen LogP contribution < -0.4 is 10.9 Å². The molecule has 0 aliphatic heterocycles. The summed E-state index contributed by atoms with van der Waals surface area (Å²) in [6.07, 6.45) is 1.44. The molecule has 2 aromatic carbocycles. The number of rotatable bonds is 5. The third kappa shape index (κ3) is 4.81. The molecular formula is C28H28F3N3O2S. The van der Waals surface area contributed by atoms with Crippen LogP contribution in [0.1, 0.15) is 55.7 Å². The third-order valence-electron chi connectivity index (χ3n) is 7.43. The van der Waals surface area contributed by atoms with Gasteiger partial charge in [0.15, 0.2) is 5.16 Å². The average molecular weight is 528 g/mol. The minimum absolute atomic E-state index is 0.0748. The Morgan fingerprint density at radius 3 is 2.51 bits per heavy atom. The van der Waals surface area contributed by atoms with Crippen molar-refractivity contribution in [1.29, 1.82) is 0 Å². The molecule has 194 valence electrons. The predicted molar refractivity (Wildman–Crippen MR) is 139 cm³/mol. The summed E-state index contributed by atoms with van der Waals surface area (Å²) < 4.78 is 41.6. The number of fused-ring (bicyclic) bond motifs is 4. The number of amides is 1. The number of hydrogen-bond donors (Lipinski definition) is 1. The van der Waals surface area contributed by atoms with Crippen molar-refractivity contribution in [2.45, 2.75) is 68.7 Å². The molecule has 1 aromatic heterocycles. The van der Waals surface area contributed by atoms with E-state index in [1.807, 2.05) is 25.1 Å². The molecule has 0 atom stereocenters. The van der Waals surface area contributed by atoms with Crippen molar-refractivity contribution in [3.63, 3.8) is 0 Å². The maximum Gasteiger partial charge on any atom is 0.418 e. The van der Waals surface area contributed by atoms with Crippen LogP contribution in [-0.4, -0.2) is 21.2 Å². The monoisotopic (exact) mass is 527 g/mol. The van der Waals surface area contributed by atoms with Crippen LogP contribution in [0.2, 0.25) is 0 Å². The molecular weight excluding hydrogens is 499 g/mol. The lowest BCUT2D eigenvalue weighted by molar-refractivity contribution is -0.137. The molecule has 1 saturated carbocycles. The highest BCUT2D eigenvalue weighted by atomic mass is 32.2. The van der Waals surface area contributed by atoms with E-state index in [1.165, 1.54) is 23.8 Å². The van der Waals surface area contributed by atoms with Gasteiger partial charge < -0.3 is 5.32 Å². The van der Waals surface area contributed by atoms with Crippen LogP contribution in [0.15, 0.2) is 58.5 Å². The van der Waals surface area contributed by atoms with Crippen molar-refractivity contribution in [3.8, 4) is 11.3 Å². The van der Waals surface area contributed by atoms with Crippen molar-refractivity contribution in [2.75, 3.05) is 11.1 Å². The lowest BCUT2D eigenvalue weighted by atomic mass is 9.62. The van der Waals surface area contributed by atoms with E-state index in [4.69, 9.17) is 4.98 Å². The first-order valence-electron chi connectivity index (χ1n) is 12.6. The fourth-order valence-corrected chi connectivity index (χ4v) is 6.62. The molecule has 0 unspecified atom stereocenters. The SMILES string of the molecule is CCn1c(SCC(=O)Nc2ccccc2C(F)(F)F)nc2c(c1=O)C1(CCCCC1)Cc1ccccc1-2. The van der Waals surface area contributed by atoms with Crippen molar-refractivity contribution < 1.29 is 18.0 Å². The predicted octanol–water partition coefficient (Wildman–Crippen LogP) is 6.44. The molecule has 0 saturated heterocycles. The third-order valence-corrected chi connectivity index (χ3v) is 8.41. The summed E-state index contributed by atoms with van der Waals surface area (Å²) >= 11 is 1.07. The normalized spacial score (nSPS) is 16.2. The number of nitrogens with zero attached hydrogens (tertiary/aromatic N) is 2. The number of halogens is 3. The Morgan fingerprint density at radius 1 is 1.08 bits per heavy atom. The van der Waals surface area contributed by atoms with Gasteiger partial charge in [-0.1, -0.05) is 67.4 Å². The molecule has 1 fully saturated rings. The molecule has 0 radical (unpaired) electrons. The number of nitrogens with one attached hydrogen (secondary N) is 1. The van der Waals surface area contributed by atoms with E-state index in [-0.39, 0.29) is 22.4 Å². The van der Waals surface area contributed by atoms with E-state index < -0.39 is 17.6 Å². The number of aromatic nitrogens is 2. The summed E-state index contributed by atoms with van der Waals surface area (Å²) in [7, 11) is 0. The Kier molecular flexibility index (Phi) is 6.91. The number of para-hydroxylation sites is 1. The topological polar surface area (TPSA) is 64.0 Å². The Bertz CT molecular complexity index is 1390. The van der Waals surface area contributed by atoms with Crippen LogP contribution in [0.3, 0.4) is 0 Å². The molecule has 9 heteroatoms. The van der Waals surface area contributed by atoms with Gasteiger partial charge in [0, 0.05) is 17.5 Å². The highest BCUT2D eigenvalue weighted by molar-refractivity contribution is 7.99. The van der Waals surface area contributed by atoms with Gasteiger partial charge in [-0.15, -0.1) is 0 Å². The molecule has 1 heterocycles. The van der Waals surface area contributed by atoms with Gasteiger partial charge in [-0.2, -0.15) is 13.2 Å². The van der Waals surface area contributed by atoms with Crippen LogP contribution in [0.5, 0.6) is 0 Å². The summed E-state index contributed by atoms with van der Waals surface area (Å²) in [5.41, 5.74) is 2.08. The van der Waals surface area contributed by atoms with E-state index in [0.29, 0.717) is 17.4 Å². The Hall–Kier alpha value is -3.07. The van der Waals surface area contributed by atoms with Gasteiger partial charge in [0.05, 0.1) is 28.3 Å². The molecule has 1 spiro atoms. The maximum absolute atomic E-state index is 13.9. The van der Waals surface area contributed by atoms with Gasteiger partial charge in [-0.3, -0.25) is 14.2 Å². The van der Waals surface area contributed by atoms with Crippen molar-refractivity contribution >= 4 is 23.4 Å². The van der Waals surface area contributed by atoms with Crippen molar-refractivity contribution in [1.82, 2.24) is 9.55 Å². The molecule has 1 amide bonds. The summed E-state index contributed by atoms with van der Waals surface area (Å²) in [4.78, 5) is 31.5. The Morgan fingerprint density at radius 2 is 1.78 bits per heavy atom. The Labute approximate surface area is 217 Å². The second-order valence-electron chi connectivity index (χ2n) is 9.72. The second-order valence-corrected chi connectivity index (χ2v) is 10.7. The summed E-state index contributed by atoms with van der Waals surface area (Å²) in [5, 5.41) is 2.77. The van der Waals surface area contributed by atoms with Crippen LogP contribution in [-0.2, 0) is 29.4 Å². The van der Waals surface area contributed by atoms with Crippen LogP contribution in [0.4, 0.5) is 18.9 Å². The van der Waals surface area contributed by atoms with Gasteiger partial charge in [-0.25, -0.2) is 4.98 Å². The van der Waals surface area contributed by atoms with Crippen LogP contribution >= 0.6 is 11.8 Å². The standard InChI is InChI=1S/C28H28F3N3O2S/c1-2-34-25(36)23-24(19-11-5-4-10-18(19)16-27(23)14-8-3-9-15-27)33-26(34)37-17-22(35)32-21-13-7-6-12-20(21)28(29,30)31/h4-7,10-13H,2-3,8-9,14-17H2,1H3,(H,32,35). The van der Waals surface area contributed by atoms with E-state index >= 15 is 0 Å². The molecule has 2 aliphatic rings. The zero-order chi connectivity index (χ0) is 26.2. The summed E-state index contributed by atoms with van der Waals surface area (Å²) in [5.74, 6) is -0.773. The molecule has 37 heavy (non-hydrogen) atoms. The van der Waals surface area contributed by atoms with Gasteiger partial charge in [0.1, 0.15) is 0 Å². The maximum atomic E-state index is 13.9. The number of carbonyl (C=O) groups excluding carboxylic acids is 1. The number of hydrogen-bond acceptors (Lipinski definition) is 4. The van der Waals surface area contributed by atoms with Gasteiger partial charge in [0.25, 0.3) is 5.56 Å². The van der Waals surface area contributed by atoms with Crippen LogP contribution in [0.25, 0.3) is 11.3 Å². The lowest BCUT2D eigenvalue weighted by Gasteiger charge is -2.42. The smallest absolute Gasteiger partial charge is 0.325 e. The number of anilines is 1. The first-order valence-corrected chi connectivity index (χ1v) is 13.5. The fourth-order valence-electron chi connectivity index (χ4n) is 5.77. The highest BCUT2D eigenvalue weighted by Crippen LogP contribution is 2.48. The molecule has 5 nitrogen and oxygen atoms in total. The second kappa shape index (κ2) is 10.0. The molecule has 0 bridgehead atoms.